The van der Waals surface area contributed by atoms with E-state index in [9.17, 15) is 8.78 Å². The smallest absolute Gasteiger partial charge is 0.134 e. The summed E-state index contributed by atoms with van der Waals surface area (Å²) in [5.41, 5.74) is 2.20. The normalized spacial score (nSPS) is 12.7. The van der Waals surface area contributed by atoms with Crippen molar-refractivity contribution in [1.29, 1.82) is 0 Å². The van der Waals surface area contributed by atoms with Gasteiger partial charge in [0.05, 0.1) is 12.2 Å². The molecule has 0 aliphatic heterocycles. The van der Waals surface area contributed by atoms with Gasteiger partial charge in [-0.25, -0.2) is 8.78 Å². The second-order valence-corrected chi connectivity index (χ2v) is 5.29. The summed E-state index contributed by atoms with van der Waals surface area (Å²) in [6.45, 7) is 6.23. The molecule has 1 heterocycles. The first-order chi connectivity index (χ1) is 9.97. The highest BCUT2D eigenvalue weighted by atomic mass is 19.1. The van der Waals surface area contributed by atoms with E-state index in [4.69, 9.17) is 0 Å². The first-order valence-electron chi connectivity index (χ1n) is 7.13. The van der Waals surface area contributed by atoms with E-state index in [0.29, 0.717) is 12.1 Å². The Bertz CT molecular complexity index is 635. The van der Waals surface area contributed by atoms with Crippen LogP contribution in [0.1, 0.15) is 41.8 Å². The van der Waals surface area contributed by atoms with Crippen molar-refractivity contribution in [2.45, 2.75) is 33.2 Å². The van der Waals surface area contributed by atoms with Crippen LogP contribution >= 0.6 is 0 Å². The van der Waals surface area contributed by atoms with Crippen molar-refractivity contribution in [2.24, 2.45) is 7.05 Å². The van der Waals surface area contributed by atoms with Crippen LogP contribution in [0.5, 0.6) is 0 Å². The number of aryl methyl sites for hydroxylation is 2. The van der Waals surface area contributed by atoms with E-state index in [1.165, 1.54) is 12.1 Å². The summed E-state index contributed by atoms with van der Waals surface area (Å²) in [5.74, 6) is -1.03. The Morgan fingerprint density at radius 3 is 2.57 bits per heavy atom. The number of benzene rings is 1. The molecule has 0 aliphatic carbocycles. The van der Waals surface area contributed by atoms with E-state index in [2.05, 4.69) is 10.4 Å². The number of nitrogens with zero attached hydrogens (tertiary/aromatic N) is 2. The molecule has 2 aromatic rings. The van der Waals surface area contributed by atoms with Crippen molar-refractivity contribution < 1.29 is 8.78 Å². The van der Waals surface area contributed by atoms with E-state index < -0.39 is 17.7 Å². The molecule has 0 spiro atoms. The lowest BCUT2D eigenvalue weighted by Crippen LogP contribution is -2.26. The van der Waals surface area contributed by atoms with E-state index in [1.54, 1.807) is 17.8 Å². The van der Waals surface area contributed by atoms with Gasteiger partial charge < -0.3 is 5.32 Å². The lowest BCUT2D eigenvalue weighted by Gasteiger charge is -2.21. The van der Waals surface area contributed by atoms with Crippen LogP contribution in [0.25, 0.3) is 0 Å². The molecule has 0 amide bonds. The predicted molar refractivity (Wildman–Crippen MR) is 79.2 cm³/mol. The number of hydrogen-bond donors (Lipinski definition) is 1. The summed E-state index contributed by atoms with van der Waals surface area (Å²) in [6, 6.07) is 2.25. The van der Waals surface area contributed by atoms with Crippen LogP contribution in [0.15, 0.2) is 18.3 Å². The maximum Gasteiger partial charge on any atom is 0.134 e. The first kappa shape index (κ1) is 15.6. The maximum atomic E-state index is 14.5. The Morgan fingerprint density at radius 1 is 1.29 bits per heavy atom. The van der Waals surface area contributed by atoms with Crippen LogP contribution in [0.4, 0.5) is 8.78 Å². The third-order valence-electron chi connectivity index (χ3n) is 3.79. The Hall–Kier alpha value is -1.75. The molecule has 1 unspecified atom stereocenters. The van der Waals surface area contributed by atoms with Crippen molar-refractivity contribution in [2.75, 3.05) is 6.54 Å². The van der Waals surface area contributed by atoms with Crippen LogP contribution in [-0.2, 0) is 7.05 Å². The van der Waals surface area contributed by atoms with Gasteiger partial charge in [-0.1, -0.05) is 13.0 Å². The van der Waals surface area contributed by atoms with Gasteiger partial charge in [-0.05, 0) is 38.4 Å². The molecule has 1 N–H and O–H groups in total. The number of nitrogens with one attached hydrogen (secondary N) is 1. The summed E-state index contributed by atoms with van der Waals surface area (Å²) >= 11 is 0. The van der Waals surface area contributed by atoms with Gasteiger partial charge in [-0.15, -0.1) is 0 Å². The molecule has 0 bridgehead atoms. The van der Waals surface area contributed by atoms with Gasteiger partial charge in [0, 0.05) is 23.9 Å². The van der Waals surface area contributed by atoms with E-state index in [-0.39, 0.29) is 5.56 Å². The van der Waals surface area contributed by atoms with Crippen molar-refractivity contribution >= 4 is 0 Å². The molecular formula is C16H21F2N3. The highest BCUT2D eigenvalue weighted by Crippen LogP contribution is 2.30. The van der Waals surface area contributed by atoms with Gasteiger partial charge in [0.2, 0.25) is 0 Å². The molecule has 114 valence electrons. The molecule has 3 nitrogen and oxygen atoms in total. The molecule has 0 saturated heterocycles. The van der Waals surface area contributed by atoms with Crippen LogP contribution < -0.4 is 5.32 Å². The van der Waals surface area contributed by atoms with Gasteiger partial charge in [0.25, 0.3) is 0 Å². The molecule has 2 rings (SSSR count). The predicted octanol–water partition coefficient (Wildman–Crippen LogP) is 3.40. The highest BCUT2D eigenvalue weighted by molar-refractivity contribution is 5.37. The summed E-state index contributed by atoms with van der Waals surface area (Å²) in [5, 5.41) is 7.42. The lowest BCUT2D eigenvalue weighted by molar-refractivity contribution is 0.498. The van der Waals surface area contributed by atoms with Crippen LogP contribution in [0.2, 0.25) is 0 Å². The maximum absolute atomic E-state index is 14.5. The van der Waals surface area contributed by atoms with Crippen LogP contribution in [0, 0.1) is 25.5 Å². The van der Waals surface area contributed by atoms with E-state index in [0.717, 1.165) is 17.7 Å². The molecule has 0 aliphatic rings. The minimum absolute atomic E-state index is 0.0690. The van der Waals surface area contributed by atoms with Crippen molar-refractivity contribution in [3.05, 3.63) is 52.3 Å². The molecule has 0 saturated carbocycles. The standard InChI is InChI=1S/C16H21F2N3/c1-5-8-19-16(12-9-20-21(4)11(12)3)14-13(17)7-6-10(2)15(14)18/h6-7,9,16,19H,5,8H2,1-4H3. The summed E-state index contributed by atoms with van der Waals surface area (Å²) in [6.07, 6.45) is 2.55. The zero-order valence-corrected chi connectivity index (χ0v) is 12.9. The molecule has 1 aromatic carbocycles. The average Bonchev–Trinajstić information content (AvgIpc) is 2.78. The van der Waals surface area contributed by atoms with Crippen molar-refractivity contribution in [3.63, 3.8) is 0 Å². The van der Waals surface area contributed by atoms with E-state index >= 15 is 0 Å². The third kappa shape index (κ3) is 2.97. The average molecular weight is 293 g/mol. The zero-order valence-electron chi connectivity index (χ0n) is 12.9. The Morgan fingerprint density at radius 2 is 2.00 bits per heavy atom. The topological polar surface area (TPSA) is 29.9 Å². The SMILES string of the molecule is CCCNC(c1cnn(C)c1C)c1c(F)ccc(C)c1F. The Kier molecular flexibility index (Phi) is 4.73. The minimum Gasteiger partial charge on any atom is -0.306 e. The van der Waals surface area contributed by atoms with Gasteiger partial charge in [0.1, 0.15) is 11.6 Å². The molecule has 0 radical (unpaired) electrons. The zero-order chi connectivity index (χ0) is 15.6. The Balaban J connectivity index is 2.56. The summed E-state index contributed by atoms with van der Waals surface area (Å²) < 4.78 is 30.4. The molecular weight excluding hydrogens is 272 g/mol. The van der Waals surface area contributed by atoms with Gasteiger partial charge in [-0.3, -0.25) is 4.68 Å². The number of aromatic nitrogens is 2. The largest absolute Gasteiger partial charge is 0.306 e. The van der Waals surface area contributed by atoms with Crippen molar-refractivity contribution in [1.82, 2.24) is 15.1 Å². The van der Waals surface area contributed by atoms with Gasteiger partial charge in [0.15, 0.2) is 0 Å². The summed E-state index contributed by atoms with van der Waals surface area (Å²) in [7, 11) is 1.82. The highest BCUT2D eigenvalue weighted by Gasteiger charge is 2.25. The monoisotopic (exact) mass is 293 g/mol. The fourth-order valence-electron chi connectivity index (χ4n) is 2.40. The van der Waals surface area contributed by atoms with Crippen LogP contribution in [0.3, 0.4) is 0 Å². The van der Waals surface area contributed by atoms with Gasteiger partial charge in [-0.2, -0.15) is 5.10 Å². The molecule has 0 fully saturated rings. The second-order valence-electron chi connectivity index (χ2n) is 5.29. The Labute approximate surface area is 124 Å². The minimum atomic E-state index is -0.532. The first-order valence-corrected chi connectivity index (χ1v) is 7.13. The molecule has 1 aromatic heterocycles. The quantitative estimate of drug-likeness (QED) is 0.915. The molecule has 1 atom stereocenters. The number of hydrogen-bond acceptors (Lipinski definition) is 2. The van der Waals surface area contributed by atoms with E-state index in [1.807, 2.05) is 20.9 Å². The molecule has 21 heavy (non-hydrogen) atoms. The fourth-order valence-corrected chi connectivity index (χ4v) is 2.40. The van der Waals surface area contributed by atoms with Crippen molar-refractivity contribution in [3.8, 4) is 0 Å². The third-order valence-corrected chi connectivity index (χ3v) is 3.79. The second kappa shape index (κ2) is 6.35. The summed E-state index contributed by atoms with van der Waals surface area (Å²) in [4.78, 5) is 0. The lowest BCUT2D eigenvalue weighted by atomic mass is 9.96. The fraction of sp³-hybridized carbons (Fsp3) is 0.438. The number of rotatable bonds is 5. The van der Waals surface area contributed by atoms with Crippen LogP contribution in [-0.4, -0.2) is 16.3 Å². The molecule has 5 heteroatoms. The van der Waals surface area contributed by atoms with Gasteiger partial charge >= 0.3 is 0 Å². The number of halogens is 2.